The van der Waals surface area contributed by atoms with Gasteiger partial charge in [-0.2, -0.15) is 5.26 Å². The summed E-state index contributed by atoms with van der Waals surface area (Å²) in [5.41, 5.74) is 2.56. The summed E-state index contributed by atoms with van der Waals surface area (Å²) >= 11 is 2.82. The van der Waals surface area contributed by atoms with Crippen LogP contribution in [0.1, 0.15) is 43.2 Å². The first-order valence-corrected chi connectivity index (χ1v) is 14.6. The molecule has 0 aliphatic heterocycles. The van der Waals surface area contributed by atoms with Gasteiger partial charge in [-0.1, -0.05) is 50.7 Å². The molecule has 10 heteroatoms. The topological polar surface area (TPSA) is 106 Å². The monoisotopic (exact) mass is 561 g/mol. The lowest BCUT2D eigenvalue weighted by Gasteiger charge is -2.33. The number of amides is 1. The number of allylic oxidation sites excluding steroid dienone is 1. The van der Waals surface area contributed by atoms with Crippen LogP contribution in [0, 0.1) is 22.7 Å². The van der Waals surface area contributed by atoms with E-state index in [4.69, 9.17) is 9.15 Å². The molecule has 0 bridgehead atoms. The van der Waals surface area contributed by atoms with Gasteiger partial charge in [0.05, 0.1) is 18.4 Å². The molecular weight excluding hydrogens is 530 g/mol. The second kappa shape index (κ2) is 10.9. The summed E-state index contributed by atoms with van der Waals surface area (Å²) in [7, 11) is 1.60. The van der Waals surface area contributed by atoms with Crippen LogP contribution in [0.4, 0.5) is 5.00 Å². The van der Waals surface area contributed by atoms with Crippen molar-refractivity contribution in [3.05, 3.63) is 52.9 Å². The highest BCUT2D eigenvalue weighted by molar-refractivity contribution is 7.99. The summed E-state index contributed by atoms with van der Waals surface area (Å²) in [6.07, 6.45) is 4.64. The first-order valence-electron chi connectivity index (χ1n) is 12.8. The molecule has 4 aromatic rings. The van der Waals surface area contributed by atoms with Crippen molar-refractivity contribution in [1.29, 1.82) is 5.26 Å². The van der Waals surface area contributed by atoms with Crippen molar-refractivity contribution in [2.24, 2.45) is 11.3 Å². The minimum atomic E-state index is -0.189. The molecule has 0 spiro atoms. The van der Waals surface area contributed by atoms with Crippen molar-refractivity contribution in [2.45, 2.75) is 51.7 Å². The highest BCUT2D eigenvalue weighted by Crippen LogP contribution is 2.44. The van der Waals surface area contributed by atoms with Crippen LogP contribution in [-0.4, -0.2) is 33.5 Å². The van der Waals surface area contributed by atoms with E-state index in [1.54, 1.807) is 24.5 Å². The molecular formula is C29H31N5O3S2. The van der Waals surface area contributed by atoms with E-state index >= 15 is 0 Å². The SMILES string of the molecule is C=CCn1c(SCC(=O)Nc2sc3c(c2C#N)CC[C@H](C(C)(C)C)C3)nnc1-c1cc2cccc(OC)c2o1. The fraction of sp³-hybridized carbons (Fsp3) is 0.379. The lowest BCUT2D eigenvalue weighted by atomic mass is 9.72. The van der Waals surface area contributed by atoms with Crippen molar-refractivity contribution < 1.29 is 13.9 Å². The minimum Gasteiger partial charge on any atom is -0.493 e. The van der Waals surface area contributed by atoms with Gasteiger partial charge in [-0.25, -0.2) is 0 Å². The maximum atomic E-state index is 13.0. The first-order chi connectivity index (χ1) is 18.7. The molecule has 1 amide bonds. The standard InChI is InChI=1S/C29H31N5O3S2/c1-6-12-34-26(22-13-17-8-7-9-21(36-5)25(17)37-22)32-33-28(34)38-16-24(35)31-27-20(15-30)19-11-10-18(29(2,3)4)14-23(19)39-27/h6-9,13,18H,1,10-12,14,16H2,2-5H3,(H,31,35)/t18-/m0/s1. The van der Waals surface area contributed by atoms with Gasteiger partial charge in [0.2, 0.25) is 11.7 Å². The van der Waals surface area contributed by atoms with Crippen molar-refractivity contribution in [3.8, 4) is 23.4 Å². The molecule has 1 aliphatic rings. The number of fused-ring (bicyclic) bond motifs is 2. The number of nitrogens with zero attached hydrogens (tertiary/aromatic N) is 4. The van der Waals surface area contributed by atoms with Gasteiger partial charge in [-0.3, -0.25) is 9.36 Å². The lowest BCUT2D eigenvalue weighted by Crippen LogP contribution is -2.26. The predicted octanol–water partition coefficient (Wildman–Crippen LogP) is 6.70. The minimum absolute atomic E-state index is 0.126. The summed E-state index contributed by atoms with van der Waals surface area (Å²) in [5.74, 6) is 2.24. The van der Waals surface area contributed by atoms with Gasteiger partial charge in [0, 0.05) is 16.8 Å². The van der Waals surface area contributed by atoms with Crippen LogP contribution in [-0.2, 0) is 24.2 Å². The molecule has 0 saturated carbocycles. The van der Waals surface area contributed by atoms with E-state index in [1.165, 1.54) is 16.6 Å². The number of carbonyl (C=O) groups excluding carboxylic acids is 1. The Bertz CT molecular complexity index is 1580. The van der Waals surface area contributed by atoms with Crippen LogP contribution in [0.5, 0.6) is 5.75 Å². The zero-order valence-electron chi connectivity index (χ0n) is 22.5. The number of methoxy groups -OCH3 is 1. The van der Waals surface area contributed by atoms with Gasteiger partial charge in [0.1, 0.15) is 11.1 Å². The van der Waals surface area contributed by atoms with Gasteiger partial charge in [-0.15, -0.1) is 28.1 Å². The third kappa shape index (κ3) is 5.34. The lowest BCUT2D eigenvalue weighted by molar-refractivity contribution is -0.113. The molecule has 5 rings (SSSR count). The smallest absolute Gasteiger partial charge is 0.235 e. The number of benzene rings is 1. The Morgan fingerprint density at radius 3 is 2.95 bits per heavy atom. The molecule has 0 saturated heterocycles. The summed E-state index contributed by atoms with van der Waals surface area (Å²) < 4.78 is 13.4. The molecule has 1 atom stereocenters. The summed E-state index contributed by atoms with van der Waals surface area (Å²) in [6, 6.07) is 9.92. The molecule has 3 heterocycles. The predicted molar refractivity (Wildman–Crippen MR) is 155 cm³/mol. The molecule has 0 fully saturated rings. The average molecular weight is 562 g/mol. The van der Waals surface area contributed by atoms with Crippen molar-refractivity contribution >= 4 is 45.0 Å². The Hall–Kier alpha value is -3.55. The molecule has 0 radical (unpaired) electrons. The van der Waals surface area contributed by atoms with Crippen molar-refractivity contribution in [3.63, 3.8) is 0 Å². The number of hydrogen-bond donors (Lipinski definition) is 1. The second-order valence-corrected chi connectivity index (χ2v) is 12.7. The number of para-hydroxylation sites is 1. The number of anilines is 1. The fourth-order valence-corrected chi connectivity index (χ4v) is 7.04. The number of nitriles is 1. The van der Waals surface area contributed by atoms with Crippen LogP contribution in [0.3, 0.4) is 0 Å². The van der Waals surface area contributed by atoms with Crippen LogP contribution in [0.2, 0.25) is 0 Å². The zero-order chi connectivity index (χ0) is 27.7. The number of thioether (sulfide) groups is 1. The first kappa shape index (κ1) is 27.0. The molecule has 1 aliphatic carbocycles. The molecule has 3 aromatic heterocycles. The Labute approximate surface area is 236 Å². The largest absolute Gasteiger partial charge is 0.493 e. The summed E-state index contributed by atoms with van der Waals surface area (Å²) in [5, 5.41) is 23.6. The molecule has 0 unspecified atom stereocenters. The number of rotatable bonds is 8. The Morgan fingerprint density at radius 1 is 1.41 bits per heavy atom. The molecule has 1 N–H and O–H groups in total. The quantitative estimate of drug-likeness (QED) is 0.188. The van der Waals surface area contributed by atoms with Gasteiger partial charge in [0.25, 0.3) is 0 Å². The van der Waals surface area contributed by atoms with Crippen LogP contribution < -0.4 is 10.1 Å². The number of furan rings is 1. The van der Waals surface area contributed by atoms with E-state index in [-0.39, 0.29) is 17.1 Å². The third-order valence-corrected chi connectivity index (χ3v) is 9.30. The van der Waals surface area contributed by atoms with Gasteiger partial charge in [0.15, 0.2) is 22.2 Å². The molecule has 202 valence electrons. The number of carbonyl (C=O) groups is 1. The number of hydrogen-bond acceptors (Lipinski definition) is 8. The number of aromatic nitrogens is 3. The Morgan fingerprint density at radius 2 is 2.23 bits per heavy atom. The number of nitrogens with one attached hydrogen (secondary N) is 1. The van der Waals surface area contributed by atoms with Crippen molar-refractivity contribution in [1.82, 2.24) is 14.8 Å². The summed E-state index contributed by atoms with van der Waals surface area (Å²) in [4.78, 5) is 14.2. The summed E-state index contributed by atoms with van der Waals surface area (Å²) in [6.45, 7) is 11.1. The highest BCUT2D eigenvalue weighted by Gasteiger charge is 2.32. The van der Waals surface area contributed by atoms with E-state index in [1.807, 2.05) is 28.8 Å². The van der Waals surface area contributed by atoms with Gasteiger partial charge in [-0.05, 0) is 48.3 Å². The van der Waals surface area contributed by atoms with Gasteiger partial charge >= 0.3 is 0 Å². The second-order valence-electron chi connectivity index (χ2n) is 10.7. The zero-order valence-corrected chi connectivity index (χ0v) is 24.2. The van der Waals surface area contributed by atoms with Crippen LogP contribution >= 0.6 is 23.1 Å². The van der Waals surface area contributed by atoms with E-state index in [0.717, 1.165) is 30.2 Å². The van der Waals surface area contributed by atoms with Crippen LogP contribution in [0.25, 0.3) is 22.6 Å². The van der Waals surface area contributed by atoms with E-state index in [9.17, 15) is 10.1 Å². The number of ether oxygens (including phenoxy) is 1. The third-order valence-electron chi connectivity index (χ3n) is 7.16. The van der Waals surface area contributed by atoms with Crippen LogP contribution in [0.15, 0.2) is 46.5 Å². The fourth-order valence-electron chi connectivity index (χ4n) is 5.00. The van der Waals surface area contributed by atoms with E-state index in [2.05, 4.69) is 48.9 Å². The normalized spacial score (nSPS) is 15.1. The Balaban J connectivity index is 1.32. The maximum Gasteiger partial charge on any atom is 0.235 e. The van der Waals surface area contributed by atoms with E-state index < -0.39 is 0 Å². The molecule has 39 heavy (non-hydrogen) atoms. The average Bonchev–Trinajstić information content (AvgIpc) is 3.60. The molecule has 8 nitrogen and oxygen atoms in total. The maximum absolute atomic E-state index is 13.0. The van der Waals surface area contributed by atoms with Crippen molar-refractivity contribution in [2.75, 3.05) is 18.2 Å². The highest BCUT2D eigenvalue weighted by atomic mass is 32.2. The van der Waals surface area contributed by atoms with E-state index in [0.29, 0.717) is 51.1 Å². The number of thiophene rings is 1. The molecule has 1 aromatic carbocycles. The van der Waals surface area contributed by atoms with Gasteiger partial charge < -0.3 is 14.5 Å². The Kier molecular flexibility index (Phi) is 7.56.